The number of para-hydroxylation sites is 1. The van der Waals surface area contributed by atoms with Crippen molar-refractivity contribution in [3.05, 3.63) is 29.8 Å². The minimum atomic E-state index is -0.111. The number of piperidine rings is 1. The average Bonchev–Trinajstić information content (AvgIpc) is 2.53. The molecular weight excluding hydrogens is 290 g/mol. The molecule has 1 aliphatic rings. The number of amides is 2. The van der Waals surface area contributed by atoms with E-state index in [1.54, 1.807) is 0 Å². The van der Waals surface area contributed by atoms with Crippen molar-refractivity contribution in [3.8, 4) is 0 Å². The van der Waals surface area contributed by atoms with Crippen LogP contribution >= 0.6 is 0 Å². The molecule has 0 atom stereocenters. The van der Waals surface area contributed by atoms with Crippen LogP contribution in [-0.2, 0) is 9.59 Å². The maximum Gasteiger partial charge on any atom is 0.224 e. The van der Waals surface area contributed by atoms with E-state index in [4.69, 9.17) is 5.73 Å². The molecule has 1 aromatic carbocycles. The summed E-state index contributed by atoms with van der Waals surface area (Å²) in [5, 5.41) is 2.93. The summed E-state index contributed by atoms with van der Waals surface area (Å²) < 4.78 is 0. The van der Waals surface area contributed by atoms with Crippen molar-refractivity contribution in [2.45, 2.75) is 51.5 Å². The predicted molar refractivity (Wildman–Crippen MR) is 92.2 cm³/mol. The highest BCUT2D eigenvalue weighted by Gasteiger charge is 2.21. The van der Waals surface area contributed by atoms with Gasteiger partial charge in [-0.2, -0.15) is 0 Å². The number of anilines is 1. The molecule has 23 heavy (non-hydrogen) atoms. The molecule has 126 valence electrons. The van der Waals surface area contributed by atoms with Gasteiger partial charge in [0.05, 0.1) is 0 Å². The lowest BCUT2D eigenvalue weighted by molar-refractivity contribution is -0.133. The molecule has 1 aromatic rings. The lowest BCUT2D eigenvalue weighted by atomic mass is 10.0. The molecule has 1 saturated heterocycles. The zero-order valence-electron chi connectivity index (χ0n) is 14.0. The summed E-state index contributed by atoms with van der Waals surface area (Å²) in [6.07, 6.45) is 2.16. The number of nitrogens with zero attached hydrogens (tertiary/aromatic N) is 1. The average molecular weight is 317 g/mol. The Morgan fingerprint density at radius 3 is 2.52 bits per heavy atom. The quantitative estimate of drug-likeness (QED) is 0.876. The maximum absolute atomic E-state index is 12.1. The number of hydrogen-bond donors (Lipinski definition) is 2. The number of likely N-dealkylation sites (tertiary alicyclic amines) is 1. The second-order valence-corrected chi connectivity index (χ2v) is 6.51. The van der Waals surface area contributed by atoms with Gasteiger partial charge in [0, 0.05) is 37.7 Å². The van der Waals surface area contributed by atoms with E-state index in [1.807, 2.05) is 29.2 Å². The fraction of sp³-hybridized carbons (Fsp3) is 0.556. The Kier molecular flexibility index (Phi) is 6.16. The second-order valence-electron chi connectivity index (χ2n) is 6.51. The molecule has 0 unspecified atom stereocenters. The van der Waals surface area contributed by atoms with Gasteiger partial charge in [0.25, 0.3) is 0 Å². The Hall–Kier alpha value is -1.88. The van der Waals surface area contributed by atoms with Gasteiger partial charge in [0.1, 0.15) is 0 Å². The third kappa shape index (κ3) is 5.06. The smallest absolute Gasteiger partial charge is 0.224 e. The van der Waals surface area contributed by atoms with Crippen molar-refractivity contribution in [1.29, 1.82) is 0 Å². The molecular formula is C18H27N3O2. The van der Waals surface area contributed by atoms with Crippen molar-refractivity contribution in [3.63, 3.8) is 0 Å². The van der Waals surface area contributed by atoms with Gasteiger partial charge in [-0.15, -0.1) is 0 Å². The molecule has 5 heteroatoms. The lowest BCUT2D eigenvalue weighted by Crippen LogP contribution is -2.43. The number of nitrogens with two attached hydrogens (primary N) is 1. The topological polar surface area (TPSA) is 75.4 Å². The predicted octanol–water partition coefficient (Wildman–Crippen LogP) is 2.48. The molecule has 0 bridgehead atoms. The zero-order valence-corrected chi connectivity index (χ0v) is 14.0. The van der Waals surface area contributed by atoms with E-state index in [-0.39, 0.29) is 30.7 Å². The summed E-state index contributed by atoms with van der Waals surface area (Å²) >= 11 is 0. The van der Waals surface area contributed by atoms with Crippen LogP contribution in [0.2, 0.25) is 0 Å². The Morgan fingerprint density at radius 1 is 1.22 bits per heavy atom. The summed E-state index contributed by atoms with van der Waals surface area (Å²) in [6.45, 7) is 5.60. The van der Waals surface area contributed by atoms with Gasteiger partial charge >= 0.3 is 0 Å². The zero-order chi connectivity index (χ0) is 16.8. The first-order valence-electron chi connectivity index (χ1n) is 8.39. The molecule has 0 radical (unpaired) electrons. The number of hydrogen-bond acceptors (Lipinski definition) is 3. The largest absolute Gasteiger partial charge is 0.343 e. The van der Waals surface area contributed by atoms with Gasteiger partial charge in [-0.1, -0.05) is 32.0 Å². The van der Waals surface area contributed by atoms with Gasteiger partial charge in [-0.25, -0.2) is 0 Å². The molecule has 0 aliphatic carbocycles. The van der Waals surface area contributed by atoms with E-state index in [0.717, 1.165) is 24.1 Å². The van der Waals surface area contributed by atoms with Crippen LogP contribution in [0.4, 0.5) is 5.69 Å². The van der Waals surface area contributed by atoms with Gasteiger partial charge in [0.2, 0.25) is 11.8 Å². The van der Waals surface area contributed by atoms with Gasteiger partial charge in [-0.05, 0) is 30.4 Å². The standard InChI is InChI=1S/C18H27N3O2/c1-13(2)15-5-3-4-6-16(15)20-17(22)7-8-18(23)21-11-9-14(19)10-12-21/h3-6,13-14H,7-12,19H2,1-2H3,(H,20,22). The van der Waals surface area contributed by atoms with Crippen LogP contribution in [0.1, 0.15) is 51.0 Å². The fourth-order valence-corrected chi connectivity index (χ4v) is 2.85. The van der Waals surface area contributed by atoms with Crippen LogP contribution in [0.3, 0.4) is 0 Å². The summed E-state index contributed by atoms with van der Waals surface area (Å²) in [5.41, 5.74) is 7.79. The molecule has 1 aliphatic heterocycles. The van der Waals surface area contributed by atoms with E-state index >= 15 is 0 Å². The molecule has 1 fully saturated rings. The molecule has 5 nitrogen and oxygen atoms in total. The fourth-order valence-electron chi connectivity index (χ4n) is 2.85. The van der Waals surface area contributed by atoms with Crippen LogP contribution in [0.25, 0.3) is 0 Å². The molecule has 1 heterocycles. The van der Waals surface area contributed by atoms with E-state index in [9.17, 15) is 9.59 Å². The highest BCUT2D eigenvalue weighted by atomic mass is 16.2. The number of carbonyl (C=O) groups excluding carboxylic acids is 2. The SMILES string of the molecule is CC(C)c1ccccc1NC(=O)CCC(=O)N1CCC(N)CC1. The van der Waals surface area contributed by atoms with Crippen LogP contribution in [0.5, 0.6) is 0 Å². The van der Waals surface area contributed by atoms with Crippen LogP contribution in [-0.4, -0.2) is 35.8 Å². The Balaban J connectivity index is 1.82. The molecule has 0 saturated carbocycles. The van der Waals surface area contributed by atoms with Gasteiger partial charge in [0.15, 0.2) is 0 Å². The lowest BCUT2D eigenvalue weighted by Gasteiger charge is -2.30. The van der Waals surface area contributed by atoms with E-state index < -0.39 is 0 Å². The normalized spacial score (nSPS) is 15.7. The number of nitrogens with one attached hydrogen (secondary N) is 1. The van der Waals surface area contributed by atoms with Gasteiger partial charge in [-0.3, -0.25) is 9.59 Å². The van der Waals surface area contributed by atoms with Crippen molar-refractivity contribution >= 4 is 17.5 Å². The number of rotatable bonds is 5. The first-order valence-corrected chi connectivity index (χ1v) is 8.39. The minimum Gasteiger partial charge on any atom is -0.343 e. The maximum atomic E-state index is 12.1. The number of benzene rings is 1. The molecule has 3 N–H and O–H groups in total. The van der Waals surface area contributed by atoms with E-state index in [0.29, 0.717) is 19.0 Å². The second kappa shape index (κ2) is 8.11. The molecule has 0 spiro atoms. The monoisotopic (exact) mass is 317 g/mol. The third-order valence-electron chi connectivity index (χ3n) is 4.32. The van der Waals surface area contributed by atoms with Crippen LogP contribution in [0.15, 0.2) is 24.3 Å². The van der Waals surface area contributed by atoms with Crippen LogP contribution in [0, 0.1) is 0 Å². The van der Waals surface area contributed by atoms with Crippen molar-refractivity contribution in [1.82, 2.24) is 4.90 Å². The highest BCUT2D eigenvalue weighted by molar-refractivity contribution is 5.93. The summed E-state index contributed by atoms with van der Waals surface area (Å²) in [5.74, 6) is 0.273. The minimum absolute atomic E-state index is 0.0456. The summed E-state index contributed by atoms with van der Waals surface area (Å²) in [7, 11) is 0. The Morgan fingerprint density at radius 2 is 1.87 bits per heavy atom. The van der Waals surface area contributed by atoms with E-state index in [1.165, 1.54) is 0 Å². The third-order valence-corrected chi connectivity index (χ3v) is 4.32. The van der Waals surface area contributed by atoms with Crippen molar-refractivity contribution < 1.29 is 9.59 Å². The van der Waals surface area contributed by atoms with Crippen molar-refractivity contribution in [2.24, 2.45) is 5.73 Å². The first-order chi connectivity index (χ1) is 11.0. The van der Waals surface area contributed by atoms with E-state index in [2.05, 4.69) is 19.2 Å². The van der Waals surface area contributed by atoms with Gasteiger partial charge < -0.3 is 16.0 Å². The van der Waals surface area contributed by atoms with Crippen LogP contribution < -0.4 is 11.1 Å². The highest BCUT2D eigenvalue weighted by Crippen LogP contribution is 2.23. The molecule has 2 amide bonds. The molecule has 2 rings (SSSR count). The summed E-state index contributed by atoms with van der Waals surface area (Å²) in [6, 6.07) is 8.00. The Bertz CT molecular complexity index is 549. The van der Waals surface area contributed by atoms with Crippen molar-refractivity contribution in [2.75, 3.05) is 18.4 Å². The first kappa shape index (κ1) is 17.5. The number of carbonyl (C=O) groups is 2. The molecule has 0 aromatic heterocycles. The Labute approximate surface area is 138 Å². The summed E-state index contributed by atoms with van der Waals surface area (Å²) in [4.78, 5) is 26.1.